The van der Waals surface area contributed by atoms with E-state index in [9.17, 15) is 19.5 Å². The molecule has 0 saturated heterocycles. The first-order valence-corrected chi connectivity index (χ1v) is 22.8. The molecule has 0 radical (unpaired) electrons. The molecule has 0 aliphatic carbocycles. The third kappa shape index (κ3) is 29.6. The van der Waals surface area contributed by atoms with Crippen molar-refractivity contribution in [3.8, 4) is 0 Å². The van der Waals surface area contributed by atoms with Gasteiger partial charge in [-0.15, -0.1) is 0 Å². The van der Waals surface area contributed by atoms with Gasteiger partial charge >= 0.3 is 17.9 Å². The van der Waals surface area contributed by atoms with Crippen molar-refractivity contribution in [2.24, 2.45) is 0 Å². The van der Waals surface area contributed by atoms with Crippen LogP contribution in [0.4, 0.5) is 0 Å². The molecular formula is C48H82O5. The largest absolute Gasteiger partial charge is 0.478 e. The molecule has 0 spiro atoms. The standard InChI is InChI=1S/C48H82O5/c1-3-5-7-9-11-13-15-17-19-21-22-23-25-27-29-31-33-35-37-39-46(49)53-48(52)45-41-40-44(47(50)51)42-43(45)38-36-34-32-30-28-26-24-20-18-16-14-12-10-8-6-4-2/h17,19,40-42H,3-16,18,20-39H2,1-2H3,(H,50,51). The topological polar surface area (TPSA) is 80.7 Å². The summed E-state index contributed by atoms with van der Waals surface area (Å²) in [5, 5.41) is 9.51. The van der Waals surface area contributed by atoms with Crippen molar-refractivity contribution in [1.29, 1.82) is 0 Å². The number of carboxylic acids is 1. The van der Waals surface area contributed by atoms with Crippen LogP contribution in [0.1, 0.15) is 258 Å². The number of aromatic carboxylic acids is 1. The Bertz CT molecular complexity index is 1060. The van der Waals surface area contributed by atoms with Gasteiger partial charge in [0, 0.05) is 6.42 Å². The average Bonchev–Trinajstić information content (AvgIpc) is 3.15. The van der Waals surface area contributed by atoms with Gasteiger partial charge in [0.15, 0.2) is 0 Å². The van der Waals surface area contributed by atoms with Crippen LogP contribution in [0.15, 0.2) is 30.4 Å². The number of unbranched alkanes of at least 4 members (excludes halogenated alkanes) is 30. The number of hydrogen-bond donors (Lipinski definition) is 1. The number of carbonyl (C=O) groups is 3. The van der Waals surface area contributed by atoms with E-state index in [4.69, 9.17) is 4.74 Å². The van der Waals surface area contributed by atoms with E-state index in [2.05, 4.69) is 26.0 Å². The summed E-state index contributed by atoms with van der Waals surface area (Å²) in [5.41, 5.74) is 1.13. The summed E-state index contributed by atoms with van der Waals surface area (Å²) in [6.07, 6.45) is 47.3. The molecule has 0 unspecified atom stereocenters. The molecule has 0 fully saturated rings. The lowest BCUT2D eigenvalue weighted by Crippen LogP contribution is -2.15. The van der Waals surface area contributed by atoms with Gasteiger partial charge in [0.25, 0.3) is 0 Å². The zero-order valence-corrected chi connectivity index (χ0v) is 34.7. The monoisotopic (exact) mass is 739 g/mol. The van der Waals surface area contributed by atoms with Crippen LogP contribution in [0.2, 0.25) is 0 Å². The minimum atomic E-state index is -1.02. The van der Waals surface area contributed by atoms with Crippen molar-refractivity contribution in [3.63, 3.8) is 0 Å². The number of carbonyl (C=O) groups excluding carboxylic acids is 2. The lowest BCUT2D eigenvalue weighted by molar-refractivity contribution is -0.138. The van der Waals surface area contributed by atoms with E-state index in [1.165, 1.54) is 185 Å². The van der Waals surface area contributed by atoms with E-state index < -0.39 is 17.9 Å². The maximum absolute atomic E-state index is 12.9. The molecule has 0 aliphatic rings. The fourth-order valence-electron chi connectivity index (χ4n) is 7.25. The van der Waals surface area contributed by atoms with Gasteiger partial charge in [-0.25, -0.2) is 9.59 Å². The zero-order chi connectivity index (χ0) is 38.5. The predicted octanol–water partition coefficient (Wildman–Crippen LogP) is 15.5. The first-order valence-electron chi connectivity index (χ1n) is 22.8. The maximum Gasteiger partial charge on any atom is 0.346 e. The molecule has 0 amide bonds. The first-order chi connectivity index (χ1) is 26.0. The third-order valence-electron chi connectivity index (χ3n) is 10.7. The zero-order valence-electron chi connectivity index (χ0n) is 34.7. The molecule has 0 bridgehead atoms. The molecular weight excluding hydrogens is 657 g/mol. The van der Waals surface area contributed by atoms with Gasteiger partial charge in [-0.3, -0.25) is 4.79 Å². The molecule has 0 aliphatic heterocycles. The van der Waals surface area contributed by atoms with Crippen LogP contribution in [0.25, 0.3) is 0 Å². The average molecular weight is 739 g/mol. The molecule has 1 aromatic rings. The van der Waals surface area contributed by atoms with Crippen LogP contribution < -0.4 is 0 Å². The number of aryl methyl sites for hydroxylation is 1. The number of benzene rings is 1. The smallest absolute Gasteiger partial charge is 0.346 e. The van der Waals surface area contributed by atoms with Gasteiger partial charge < -0.3 is 9.84 Å². The van der Waals surface area contributed by atoms with Crippen LogP contribution in [-0.4, -0.2) is 23.0 Å². The second-order valence-electron chi connectivity index (χ2n) is 15.7. The lowest BCUT2D eigenvalue weighted by atomic mass is 9.97. The Morgan fingerprint density at radius 2 is 0.887 bits per heavy atom. The van der Waals surface area contributed by atoms with Crippen LogP contribution in [0.3, 0.4) is 0 Å². The molecule has 5 heteroatoms. The second kappa shape index (κ2) is 36.5. The Morgan fingerprint density at radius 1 is 0.509 bits per heavy atom. The number of allylic oxidation sites excluding steroid dienone is 2. The predicted molar refractivity (Wildman–Crippen MR) is 225 cm³/mol. The fourth-order valence-corrected chi connectivity index (χ4v) is 7.25. The highest BCUT2D eigenvalue weighted by Gasteiger charge is 2.18. The lowest BCUT2D eigenvalue weighted by Gasteiger charge is -2.10. The SMILES string of the molecule is CCCCCCCCC=CCCCCCCCCCCCC(=O)OC(=O)c1ccc(C(=O)O)cc1CCCCCCCCCCCCCCCCCC. The van der Waals surface area contributed by atoms with Crippen molar-refractivity contribution in [2.75, 3.05) is 0 Å². The molecule has 5 nitrogen and oxygen atoms in total. The molecule has 0 aromatic heterocycles. The molecule has 1 N–H and O–H groups in total. The Kier molecular flexibility index (Phi) is 33.5. The van der Waals surface area contributed by atoms with E-state index in [0.717, 1.165) is 38.5 Å². The molecule has 0 saturated carbocycles. The van der Waals surface area contributed by atoms with Gasteiger partial charge in [-0.1, -0.05) is 199 Å². The fraction of sp³-hybridized carbons (Fsp3) is 0.771. The number of ether oxygens (including phenoxy) is 1. The summed E-state index contributed by atoms with van der Waals surface area (Å²) >= 11 is 0. The van der Waals surface area contributed by atoms with Gasteiger partial charge in [0.1, 0.15) is 0 Å². The van der Waals surface area contributed by atoms with E-state index in [1.54, 1.807) is 6.07 Å². The number of carboxylic acid groups (broad SMARTS) is 1. The summed E-state index contributed by atoms with van der Waals surface area (Å²) in [4.78, 5) is 37.0. The summed E-state index contributed by atoms with van der Waals surface area (Å²) in [5.74, 6) is -2.17. The Hall–Kier alpha value is -2.43. The van der Waals surface area contributed by atoms with Crippen molar-refractivity contribution in [2.45, 2.75) is 239 Å². The van der Waals surface area contributed by atoms with Crippen molar-refractivity contribution < 1.29 is 24.2 Å². The third-order valence-corrected chi connectivity index (χ3v) is 10.7. The second-order valence-corrected chi connectivity index (χ2v) is 15.7. The summed E-state index contributed by atoms with van der Waals surface area (Å²) < 4.78 is 5.22. The Labute approximate surface area is 326 Å². The quantitative estimate of drug-likeness (QED) is 0.0316. The number of hydrogen-bond acceptors (Lipinski definition) is 4. The number of rotatable bonds is 38. The van der Waals surface area contributed by atoms with Crippen LogP contribution in [-0.2, 0) is 16.0 Å². The Balaban J connectivity index is 2.14. The molecule has 0 atom stereocenters. The van der Waals surface area contributed by atoms with Crippen LogP contribution >= 0.6 is 0 Å². The van der Waals surface area contributed by atoms with Gasteiger partial charge in [-0.05, 0) is 68.7 Å². The van der Waals surface area contributed by atoms with Crippen molar-refractivity contribution in [3.05, 3.63) is 47.0 Å². The highest BCUT2D eigenvalue weighted by Crippen LogP contribution is 2.20. The van der Waals surface area contributed by atoms with Crippen LogP contribution in [0.5, 0.6) is 0 Å². The Morgan fingerprint density at radius 3 is 1.30 bits per heavy atom. The van der Waals surface area contributed by atoms with E-state index in [0.29, 0.717) is 17.5 Å². The summed E-state index contributed by atoms with van der Waals surface area (Å²) in [7, 11) is 0. The molecule has 53 heavy (non-hydrogen) atoms. The highest BCUT2D eigenvalue weighted by molar-refractivity contribution is 5.99. The van der Waals surface area contributed by atoms with Gasteiger partial charge in [0.2, 0.25) is 0 Å². The normalized spacial score (nSPS) is 11.4. The van der Waals surface area contributed by atoms with Crippen molar-refractivity contribution >= 4 is 17.9 Å². The van der Waals surface area contributed by atoms with E-state index in [1.807, 2.05) is 0 Å². The maximum atomic E-state index is 12.9. The number of esters is 2. The summed E-state index contributed by atoms with van der Waals surface area (Å²) in [6, 6.07) is 4.51. The molecule has 0 heterocycles. The molecule has 1 aromatic carbocycles. The van der Waals surface area contributed by atoms with Crippen molar-refractivity contribution in [1.82, 2.24) is 0 Å². The minimum Gasteiger partial charge on any atom is -0.478 e. The first kappa shape index (κ1) is 48.6. The minimum absolute atomic E-state index is 0.158. The van der Waals surface area contributed by atoms with Gasteiger partial charge in [-0.2, -0.15) is 0 Å². The van der Waals surface area contributed by atoms with Crippen LogP contribution in [0, 0.1) is 0 Å². The molecule has 1 rings (SSSR count). The van der Waals surface area contributed by atoms with Gasteiger partial charge in [0.05, 0.1) is 11.1 Å². The molecule has 304 valence electrons. The highest BCUT2D eigenvalue weighted by atomic mass is 16.6. The van der Waals surface area contributed by atoms with E-state index in [-0.39, 0.29) is 12.0 Å². The van der Waals surface area contributed by atoms with E-state index >= 15 is 0 Å². The summed E-state index contributed by atoms with van der Waals surface area (Å²) in [6.45, 7) is 4.54.